The summed E-state index contributed by atoms with van der Waals surface area (Å²) in [6.45, 7) is 9.87. The van der Waals surface area contributed by atoms with E-state index in [1.165, 1.54) is 12.4 Å². The van der Waals surface area contributed by atoms with E-state index < -0.39 is 28.3 Å². The number of aryl methyl sites for hydroxylation is 1. The summed E-state index contributed by atoms with van der Waals surface area (Å²) in [7, 11) is -3.91. The minimum Gasteiger partial charge on any atom is -0.442 e. The van der Waals surface area contributed by atoms with Crippen LogP contribution in [0.3, 0.4) is 0 Å². The molecule has 0 aliphatic carbocycles. The molecule has 4 heterocycles. The number of rotatable bonds is 5. The maximum atomic E-state index is 13.5. The Morgan fingerprint density at radius 1 is 1.22 bits per heavy atom. The van der Waals surface area contributed by atoms with E-state index in [9.17, 15) is 18.3 Å². The summed E-state index contributed by atoms with van der Waals surface area (Å²) < 4.78 is 35.3. The highest BCUT2D eigenvalue weighted by Gasteiger charge is 2.50. The van der Waals surface area contributed by atoms with Crippen molar-refractivity contribution in [3.63, 3.8) is 0 Å². The van der Waals surface area contributed by atoms with Crippen LogP contribution in [0, 0.1) is 12.3 Å². The molecule has 12 heteroatoms. The molecular weight excluding hydrogens is 496 g/mol. The van der Waals surface area contributed by atoms with E-state index in [-0.39, 0.29) is 22.0 Å². The first-order valence-electron chi connectivity index (χ1n) is 11.9. The molecule has 0 spiro atoms. The summed E-state index contributed by atoms with van der Waals surface area (Å²) in [5.74, 6) is 0.366. The summed E-state index contributed by atoms with van der Waals surface area (Å²) in [5.41, 5.74) is 7.27. The average Bonchev–Trinajstić information content (AvgIpc) is 3.37. The van der Waals surface area contributed by atoms with Gasteiger partial charge in [0.05, 0.1) is 23.7 Å². The van der Waals surface area contributed by atoms with Gasteiger partial charge in [0.1, 0.15) is 23.2 Å². The number of primary amides is 1. The third-order valence-corrected chi connectivity index (χ3v) is 8.38. The number of imidazole rings is 1. The fraction of sp³-hybridized carbons (Fsp3) is 0.400. The number of aliphatic hydroxyl groups excluding tert-OH is 1. The minimum atomic E-state index is -3.91. The van der Waals surface area contributed by atoms with E-state index in [4.69, 9.17) is 10.5 Å². The van der Waals surface area contributed by atoms with Crippen molar-refractivity contribution in [2.75, 3.05) is 11.6 Å². The van der Waals surface area contributed by atoms with Gasteiger partial charge in [0.2, 0.25) is 0 Å². The quantitative estimate of drug-likeness (QED) is 0.404. The van der Waals surface area contributed by atoms with Gasteiger partial charge in [0, 0.05) is 11.6 Å². The molecule has 1 aliphatic heterocycles. The maximum absolute atomic E-state index is 13.5. The number of carbonyl (C=O) groups excluding carboxylic acids is 1. The van der Waals surface area contributed by atoms with E-state index in [0.717, 1.165) is 9.54 Å². The zero-order valence-corrected chi connectivity index (χ0v) is 22.1. The first-order valence-corrected chi connectivity index (χ1v) is 13.4. The van der Waals surface area contributed by atoms with Gasteiger partial charge in [0.25, 0.3) is 10.0 Å². The van der Waals surface area contributed by atoms with Crippen LogP contribution in [0.15, 0.2) is 47.6 Å². The fourth-order valence-electron chi connectivity index (χ4n) is 5.09. The van der Waals surface area contributed by atoms with Gasteiger partial charge in [-0.25, -0.2) is 31.8 Å². The predicted octanol–water partition coefficient (Wildman–Crippen LogP) is 2.81. The van der Waals surface area contributed by atoms with Crippen molar-refractivity contribution in [1.29, 1.82) is 0 Å². The van der Waals surface area contributed by atoms with E-state index in [1.807, 2.05) is 32.7 Å². The molecule has 1 amide bonds. The van der Waals surface area contributed by atoms with E-state index in [1.54, 1.807) is 41.9 Å². The smallest absolute Gasteiger partial charge is 0.404 e. The lowest BCUT2D eigenvalue weighted by molar-refractivity contribution is 0.0000299. The molecule has 3 atom stereocenters. The Hall–Kier alpha value is -3.64. The van der Waals surface area contributed by atoms with Crippen molar-refractivity contribution in [1.82, 2.24) is 18.6 Å². The molecule has 1 fully saturated rings. The van der Waals surface area contributed by atoms with Crippen LogP contribution in [-0.4, -0.2) is 56.9 Å². The van der Waals surface area contributed by atoms with Gasteiger partial charge in [-0.3, -0.25) is 5.01 Å². The molecule has 0 radical (unpaired) electrons. The third-order valence-electron chi connectivity index (χ3n) is 6.70. The van der Waals surface area contributed by atoms with Gasteiger partial charge in [-0.2, -0.15) is 0 Å². The van der Waals surface area contributed by atoms with Crippen molar-refractivity contribution in [2.24, 2.45) is 11.1 Å². The lowest BCUT2D eigenvalue weighted by atomic mass is 9.78. The third kappa shape index (κ3) is 4.00. The van der Waals surface area contributed by atoms with Crippen LogP contribution >= 0.6 is 0 Å². The summed E-state index contributed by atoms with van der Waals surface area (Å²) in [6.07, 6.45) is 0.736. The normalized spacial score (nSPS) is 19.2. The van der Waals surface area contributed by atoms with Crippen molar-refractivity contribution < 1.29 is 23.1 Å². The number of pyridine rings is 1. The molecule has 3 N–H and O–H groups in total. The Balaban J connectivity index is 1.71. The second-order valence-electron chi connectivity index (χ2n) is 10.5. The van der Waals surface area contributed by atoms with Crippen molar-refractivity contribution in [3.8, 4) is 0 Å². The van der Waals surface area contributed by atoms with Crippen molar-refractivity contribution in [2.45, 2.75) is 57.8 Å². The van der Waals surface area contributed by atoms with Crippen LogP contribution in [0.1, 0.15) is 45.2 Å². The van der Waals surface area contributed by atoms with Gasteiger partial charge >= 0.3 is 6.09 Å². The van der Waals surface area contributed by atoms with Crippen LogP contribution in [0.4, 0.5) is 4.79 Å². The first kappa shape index (κ1) is 25.0. The number of carbonyl (C=O) groups is 1. The summed E-state index contributed by atoms with van der Waals surface area (Å²) in [6, 6.07) is 8.03. The van der Waals surface area contributed by atoms with Gasteiger partial charge in [-0.05, 0) is 37.5 Å². The summed E-state index contributed by atoms with van der Waals surface area (Å²) >= 11 is 0. The molecule has 3 aromatic heterocycles. The zero-order valence-electron chi connectivity index (χ0n) is 21.3. The second-order valence-corrected chi connectivity index (χ2v) is 12.3. The number of nitrogens with zero attached hydrogens (tertiary/aromatic N) is 5. The molecule has 3 unspecified atom stereocenters. The number of aromatic nitrogens is 4. The Kier molecular flexibility index (Phi) is 5.72. The van der Waals surface area contributed by atoms with Crippen LogP contribution < -0.4 is 10.7 Å². The topological polar surface area (TPSA) is 146 Å². The van der Waals surface area contributed by atoms with Crippen LogP contribution in [0.5, 0.6) is 0 Å². The number of fused-ring (bicyclic) bond motifs is 3. The highest BCUT2D eigenvalue weighted by atomic mass is 32.2. The molecule has 1 aliphatic rings. The number of hydrogen-bond donors (Lipinski definition) is 2. The number of benzene rings is 1. The highest BCUT2D eigenvalue weighted by molar-refractivity contribution is 7.90. The van der Waals surface area contributed by atoms with Gasteiger partial charge in [-0.1, -0.05) is 38.5 Å². The largest absolute Gasteiger partial charge is 0.442 e. The summed E-state index contributed by atoms with van der Waals surface area (Å²) in [4.78, 5) is 20.7. The average molecular weight is 527 g/mol. The van der Waals surface area contributed by atoms with Crippen LogP contribution in [0.2, 0.25) is 0 Å². The molecule has 5 rings (SSSR count). The van der Waals surface area contributed by atoms with E-state index in [0.29, 0.717) is 28.8 Å². The van der Waals surface area contributed by atoms with E-state index in [2.05, 4.69) is 9.97 Å². The minimum absolute atomic E-state index is 0.151. The molecule has 1 aromatic carbocycles. The number of aliphatic hydroxyl groups is 1. The molecule has 0 saturated carbocycles. The van der Waals surface area contributed by atoms with Gasteiger partial charge in [-0.15, -0.1) is 0 Å². The Labute approximate surface area is 214 Å². The van der Waals surface area contributed by atoms with Gasteiger partial charge in [0.15, 0.2) is 11.5 Å². The van der Waals surface area contributed by atoms with Crippen LogP contribution in [-0.2, 0) is 14.8 Å². The van der Waals surface area contributed by atoms with Crippen molar-refractivity contribution >= 4 is 38.2 Å². The second kappa shape index (κ2) is 8.45. The number of nitrogens with two attached hydrogens (primary N) is 1. The predicted molar refractivity (Wildman–Crippen MR) is 138 cm³/mol. The Bertz CT molecular complexity index is 1620. The molecule has 0 bridgehead atoms. The van der Waals surface area contributed by atoms with Crippen molar-refractivity contribution in [3.05, 3.63) is 54.1 Å². The summed E-state index contributed by atoms with van der Waals surface area (Å²) in [5, 5.41) is 13.1. The lowest BCUT2D eigenvalue weighted by Gasteiger charge is -2.54. The molecule has 196 valence electrons. The number of hydrogen-bond acceptors (Lipinski definition) is 8. The highest BCUT2D eigenvalue weighted by Crippen LogP contribution is 2.38. The van der Waals surface area contributed by atoms with E-state index >= 15 is 0 Å². The molecule has 1 saturated heterocycles. The standard InChI is InChI=1S/C25H30N6O5S/c1-14-6-8-16(9-7-14)37(34,35)30-11-10-17-20-18(12-27-23(17)30)28-22(15(2)32)31(20)29-13-19(36-24(26)33)21(29)25(3,4)5/h6-12,15,19,21,32H,13H2,1-5H3,(H2,26,33). The number of amides is 1. The monoisotopic (exact) mass is 526 g/mol. The molecule has 11 nitrogen and oxygen atoms in total. The maximum Gasteiger partial charge on any atom is 0.404 e. The van der Waals surface area contributed by atoms with Gasteiger partial charge < -0.3 is 15.6 Å². The molecule has 4 aromatic rings. The fourth-order valence-corrected chi connectivity index (χ4v) is 6.39. The Morgan fingerprint density at radius 2 is 1.89 bits per heavy atom. The van der Waals surface area contributed by atoms with Crippen LogP contribution in [0.25, 0.3) is 22.1 Å². The SMILES string of the molecule is Cc1ccc(S(=O)(=O)n2ccc3c2ncc2nc(C(C)O)n(N4CC(OC(N)=O)C4C(C)(C)C)c23)cc1. The Morgan fingerprint density at radius 3 is 2.49 bits per heavy atom. The molecular formula is C25H30N6O5S. The lowest BCUT2D eigenvalue weighted by Crippen LogP contribution is -2.71. The first-order chi connectivity index (χ1) is 17.3. The number of ether oxygens (including phenoxy) is 1. The zero-order chi connectivity index (χ0) is 26.9. The molecule has 37 heavy (non-hydrogen) atoms.